The second-order valence-electron chi connectivity index (χ2n) is 5.29. The van der Waals surface area contributed by atoms with Crippen molar-refractivity contribution in [2.45, 2.75) is 13.5 Å². The second-order valence-corrected chi connectivity index (χ2v) is 6.29. The smallest absolute Gasteiger partial charge is 0.263 e. The van der Waals surface area contributed by atoms with Gasteiger partial charge in [-0.15, -0.1) is 11.3 Å². The summed E-state index contributed by atoms with van der Waals surface area (Å²) in [6.45, 7) is 2.28. The highest BCUT2D eigenvalue weighted by Crippen LogP contribution is 2.27. The zero-order valence-electron chi connectivity index (χ0n) is 13.6. The summed E-state index contributed by atoms with van der Waals surface area (Å²) in [6.07, 6.45) is 0. The summed E-state index contributed by atoms with van der Waals surface area (Å²) in [6, 6.07) is 17.5. The normalized spacial score (nSPS) is 10.4. The van der Waals surface area contributed by atoms with Gasteiger partial charge in [0.1, 0.15) is 15.6 Å². The molecular formula is C19H18N2O2S. The minimum absolute atomic E-state index is 0.113. The number of hydrogen-bond donors (Lipinski definition) is 1. The van der Waals surface area contributed by atoms with Crippen LogP contribution in [-0.2, 0) is 6.54 Å². The fourth-order valence-electron chi connectivity index (χ4n) is 2.42. The molecule has 0 fully saturated rings. The maximum atomic E-state index is 12.5. The lowest BCUT2D eigenvalue weighted by Gasteiger charge is -2.09. The van der Waals surface area contributed by atoms with Crippen molar-refractivity contribution in [3.05, 3.63) is 70.7 Å². The minimum Gasteiger partial charge on any atom is -0.496 e. The molecule has 5 heteroatoms. The Hall–Kier alpha value is -2.66. The summed E-state index contributed by atoms with van der Waals surface area (Å²) in [4.78, 5) is 17.7. The van der Waals surface area contributed by atoms with Crippen molar-refractivity contribution in [2.24, 2.45) is 0 Å². The number of nitrogens with zero attached hydrogens (tertiary/aromatic N) is 1. The van der Waals surface area contributed by atoms with Crippen molar-refractivity contribution >= 4 is 17.2 Å². The molecule has 0 aliphatic heterocycles. The molecular weight excluding hydrogens is 320 g/mol. The average Bonchev–Trinajstić information content (AvgIpc) is 3.02. The number of carbonyl (C=O) groups is 1. The molecule has 1 aromatic heterocycles. The summed E-state index contributed by atoms with van der Waals surface area (Å²) >= 11 is 1.41. The van der Waals surface area contributed by atoms with Gasteiger partial charge in [0.05, 0.1) is 12.8 Å². The predicted molar refractivity (Wildman–Crippen MR) is 96.5 cm³/mol. The lowest BCUT2D eigenvalue weighted by molar-refractivity contribution is 0.0954. The van der Waals surface area contributed by atoms with Crippen LogP contribution in [0.15, 0.2) is 54.6 Å². The fourth-order valence-corrected chi connectivity index (χ4v) is 3.40. The molecule has 3 aromatic rings. The average molecular weight is 338 g/mol. The van der Waals surface area contributed by atoms with E-state index in [1.807, 2.05) is 61.5 Å². The minimum atomic E-state index is -0.113. The van der Waals surface area contributed by atoms with Gasteiger partial charge >= 0.3 is 0 Å². The summed E-state index contributed by atoms with van der Waals surface area (Å²) < 4.78 is 5.31. The third-order valence-corrected chi connectivity index (χ3v) is 4.86. The first-order valence-corrected chi connectivity index (χ1v) is 8.43. The van der Waals surface area contributed by atoms with Gasteiger partial charge in [-0.25, -0.2) is 4.98 Å². The first kappa shape index (κ1) is 16.2. The van der Waals surface area contributed by atoms with Gasteiger partial charge in [-0.2, -0.15) is 0 Å². The highest BCUT2D eigenvalue weighted by atomic mass is 32.1. The number of benzene rings is 2. The maximum Gasteiger partial charge on any atom is 0.263 e. The van der Waals surface area contributed by atoms with Crippen LogP contribution in [0, 0.1) is 6.92 Å². The Kier molecular flexibility index (Phi) is 4.91. The number of aryl methyl sites for hydroxylation is 1. The van der Waals surface area contributed by atoms with Crippen LogP contribution >= 0.6 is 11.3 Å². The predicted octanol–water partition coefficient (Wildman–Crippen LogP) is 4.06. The highest BCUT2D eigenvalue weighted by molar-refractivity contribution is 7.17. The molecule has 0 bridgehead atoms. The molecule has 24 heavy (non-hydrogen) atoms. The van der Waals surface area contributed by atoms with Gasteiger partial charge in [-0.05, 0) is 13.0 Å². The van der Waals surface area contributed by atoms with Crippen LogP contribution in [0.3, 0.4) is 0 Å². The SMILES string of the molecule is COc1ccccc1CNC(=O)c1sc(-c2ccccc2)nc1C. The Morgan fingerprint density at radius 2 is 1.83 bits per heavy atom. The zero-order valence-corrected chi connectivity index (χ0v) is 14.4. The molecule has 1 N–H and O–H groups in total. The molecule has 2 aromatic carbocycles. The number of ether oxygens (including phenoxy) is 1. The molecule has 3 rings (SSSR count). The van der Waals surface area contributed by atoms with E-state index in [9.17, 15) is 4.79 Å². The first-order valence-electron chi connectivity index (χ1n) is 7.62. The van der Waals surface area contributed by atoms with E-state index in [1.165, 1.54) is 11.3 Å². The molecule has 0 atom stereocenters. The van der Waals surface area contributed by atoms with Crippen LogP contribution in [0.25, 0.3) is 10.6 Å². The Bertz CT molecular complexity index is 844. The molecule has 0 saturated carbocycles. The third-order valence-electron chi connectivity index (χ3n) is 3.66. The lowest BCUT2D eigenvalue weighted by atomic mass is 10.2. The molecule has 0 unspecified atom stereocenters. The van der Waals surface area contributed by atoms with E-state index in [1.54, 1.807) is 7.11 Å². The molecule has 0 saturated heterocycles. The quantitative estimate of drug-likeness (QED) is 0.763. The monoisotopic (exact) mass is 338 g/mol. The number of aromatic nitrogens is 1. The van der Waals surface area contributed by atoms with Gasteiger partial charge in [0.15, 0.2) is 0 Å². The van der Waals surface area contributed by atoms with Crippen LogP contribution in [0.1, 0.15) is 20.9 Å². The maximum absolute atomic E-state index is 12.5. The van der Waals surface area contributed by atoms with Gasteiger partial charge in [-0.3, -0.25) is 4.79 Å². The highest BCUT2D eigenvalue weighted by Gasteiger charge is 2.16. The number of rotatable bonds is 5. The van der Waals surface area contributed by atoms with Gasteiger partial charge in [0.2, 0.25) is 0 Å². The van der Waals surface area contributed by atoms with Crippen LogP contribution in [0.5, 0.6) is 5.75 Å². The van der Waals surface area contributed by atoms with Crippen molar-refractivity contribution < 1.29 is 9.53 Å². The van der Waals surface area contributed by atoms with Crippen molar-refractivity contribution in [3.8, 4) is 16.3 Å². The molecule has 0 radical (unpaired) electrons. The Labute approximate surface area is 145 Å². The zero-order chi connectivity index (χ0) is 16.9. The number of nitrogens with one attached hydrogen (secondary N) is 1. The van der Waals surface area contributed by atoms with E-state index in [2.05, 4.69) is 10.3 Å². The van der Waals surface area contributed by atoms with E-state index in [4.69, 9.17) is 4.74 Å². The third kappa shape index (κ3) is 3.46. The summed E-state index contributed by atoms with van der Waals surface area (Å²) in [5, 5.41) is 3.80. The van der Waals surface area contributed by atoms with E-state index >= 15 is 0 Å². The van der Waals surface area contributed by atoms with E-state index in [0.29, 0.717) is 11.4 Å². The van der Waals surface area contributed by atoms with Gasteiger partial charge in [-0.1, -0.05) is 48.5 Å². The number of hydrogen-bond acceptors (Lipinski definition) is 4. The van der Waals surface area contributed by atoms with Crippen molar-refractivity contribution in [1.82, 2.24) is 10.3 Å². The fraction of sp³-hybridized carbons (Fsp3) is 0.158. The topological polar surface area (TPSA) is 51.2 Å². The van der Waals surface area contributed by atoms with Crippen molar-refractivity contribution in [1.29, 1.82) is 0 Å². The van der Waals surface area contributed by atoms with Crippen molar-refractivity contribution in [3.63, 3.8) is 0 Å². The van der Waals surface area contributed by atoms with Crippen LogP contribution in [-0.4, -0.2) is 18.0 Å². The number of carbonyl (C=O) groups excluding carboxylic acids is 1. The Morgan fingerprint density at radius 1 is 1.12 bits per heavy atom. The second kappa shape index (κ2) is 7.27. The largest absolute Gasteiger partial charge is 0.496 e. The van der Waals surface area contributed by atoms with Crippen LogP contribution < -0.4 is 10.1 Å². The molecule has 122 valence electrons. The van der Waals surface area contributed by atoms with Gasteiger partial charge in [0, 0.05) is 17.7 Å². The number of thiazole rings is 1. The molecule has 0 aliphatic rings. The molecule has 0 spiro atoms. The lowest BCUT2D eigenvalue weighted by Crippen LogP contribution is -2.22. The number of methoxy groups -OCH3 is 1. The molecule has 1 amide bonds. The van der Waals surface area contributed by atoms with Crippen LogP contribution in [0.2, 0.25) is 0 Å². The Morgan fingerprint density at radius 3 is 2.58 bits per heavy atom. The van der Waals surface area contributed by atoms with Gasteiger partial charge in [0.25, 0.3) is 5.91 Å². The number of amides is 1. The van der Waals surface area contributed by atoms with E-state index in [-0.39, 0.29) is 5.91 Å². The van der Waals surface area contributed by atoms with Gasteiger partial charge < -0.3 is 10.1 Å². The Balaban J connectivity index is 1.75. The number of para-hydroxylation sites is 1. The van der Waals surface area contributed by atoms with Crippen molar-refractivity contribution in [2.75, 3.05) is 7.11 Å². The van der Waals surface area contributed by atoms with E-state index in [0.717, 1.165) is 27.6 Å². The standard InChI is InChI=1S/C19H18N2O2S/c1-13-17(24-19(21-13)14-8-4-3-5-9-14)18(22)20-12-15-10-6-7-11-16(15)23-2/h3-11H,12H2,1-2H3,(H,20,22). The van der Waals surface area contributed by atoms with Crippen LogP contribution in [0.4, 0.5) is 0 Å². The summed E-state index contributed by atoms with van der Waals surface area (Å²) in [7, 11) is 1.63. The summed E-state index contributed by atoms with van der Waals surface area (Å²) in [5.41, 5.74) is 2.71. The molecule has 1 heterocycles. The molecule has 4 nitrogen and oxygen atoms in total. The van der Waals surface area contributed by atoms with E-state index < -0.39 is 0 Å². The first-order chi connectivity index (χ1) is 11.7. The molecule has 0 aliphatic carbocycles. The summed E-state index contributed by atoms with van der Waals surface area (Å²) in [5.74, 6) is 0.655.